The maximum Gasteiger partial charge on any atom is 0.257 e. The molecule has 0 saturated heterocycles. The Morgan fingerprint density at radius 3 is 2.64 bits per heavy atom. The summed E-state index contributed by atoms with van der Waals surface area (Å²) < 4.78 is 13.6. The molecule has 170 valence electrons. The average Bonchev–Trinajstić information content (AvgIpc) is 3.46. The molecule has 0 aliphatic rings. The van der Waals surface area contributed by atoms with Gasteiger partial charge in [-0.2, -0.15) is 16.4 Å². The lowest BCUT2D eigenvalue weighted by molar-refractivity contribution is 0.102. The van der Waals surface area contributed by atoms with E-state index in [2.05, 4.69) is 27.2 Å². The molecule has 0 radical (unpaired) electrons. The number of hydrogen-bond acceptors (Lipinski definition) is 5. The van der Waals surface area contributed by atoms with Crippen molar-refractivity contribution in [1.82, 2.24) is 9.78 Å². The van der Waals surface area contributed by atoms with E-state index in [0.717, 1.165) is 12.0 Å². The van der Waals surface area contributed by atoms with Crippen LogP contribution in [0.25, 0.3) is 0 Å². The molecule has 33 heavy (non-hydrogen) atoms. The average molecular weight is 462 g/mol. The van der Waals surface area contributed by atoms with Crippen LogP contribution in [0.5, 0.6) is 11.5 Å². The van der Waals surface area contributed by atoms with Gasteiger partial charge in [-0.05, 0) is 53.9 Å². The van der Waals surface area contributed by atoms with Crippen molar-refractivity contribution in [3.05, 3.63) is 94.3 Å². The van der Waals surface area contributed by atoms with E-state index in [-0.39, 0.29) is 12.0 Å². The lowest BCUT2D eigenvalue weighted by Crippen LogP contribution is -2.14. The zero-order chi connectivity index (χ0) is 23.0. The topological polar surface area (TPSA) is 65.4 Å². The largest absolute Gasteiger partial charge is 0.493 e. The van der Waals surface area contributed by atoms with Crippen LogP contribution in [0.2, 0.25) is 0 Å². The maximum atomic E-state index is 13.0. The molecule has 0 fully saturated rings. The van der Waals surface area contributed by atoms with Gasteiger partial charge >= 0.3 is 0 Å². The predicted molar refractivity (Wildman–Crippen MR) is 131 cm³/mol. The van der Waals surface area contributed by atoms with E-state index >= 15 is 0 Å². The quantitative estimate of drug-likeness (QED) is 0.331. The molecule has 0 bridgehead atoms. The molecule has 4 rings (SSSR count). The minimum absolute atomic E-state index is 0.0179. The van der Waals surface area contributed by atoms with Gasteiger partial charge in [-0.1, -0.05) is 30.3 Å². The number of hydrogen-bond donors (Lipinski definition) is 1. The number of thiophene rings is 1. The summed E-state index contributed by atoms with van der Waals surface area (Å²) in [7, 11) is 0. The molecule has 0 aliphatic heterocycles. The third-order valence-electron chi connectivity index (χ3n) is 4.82. The Morgan fingerprint density at radius 1 is 1.06 bits per heavy atom. The van der Waals surface area contributed by atoms with Crippen LogP contribution in [0.1, 0.15) is 35.3 Å². The molecule has 1 amide bonds. The first-order valence-corrected chi connectivity index (χ1v) is 11.8. The van der Waals surface area contributed by atoms with Gasteiger partial charge in [-0.25, -0.2) is 0 Å². The monoisotopic (exact) mass is 461 g/mol. The first kappa shape index (κ1) is 22.6. The van der Waals surface area contributed by atoms with Gasteiger partial charge in [0.15, 0.2) is 5.82 Å². The molecule has 6 nitrogen and oxygen atoms in total. The van der Waals surface area contributed by atoms with E-state index in [1.165, 1.54) is 5.56 Å². The molecule has 2 aromatic heterocycles. The summed E-state index contributed by atoms with van der Waals surface area (Å²) >= 11 is 1.67. The Morgan fingerprint density at radius 2 is 1.88 bits per heavy atom. The summed E-state index contributed by atoms with van der Waals surface area (Å²) in [4.78, 5) is 13.0. The number of amides is 1. The summed E-state index contributed by atoms with van der Waals surface area (Å²) in [6.45, 7) is 5.05. The Hall–Kier alpha value is -3.58. The third-order valence-corrected chi connectivity index (χ3v) is 5.56. The summed E-state index contributed by atoms with van der Waals surface area (Å²) in [6.07, 6.45) is 2.63. The first-order valence-electron chi connectivity index (χ1n) is 10.9. The Bertz CT molecular complexity index is 1170. The molecular weight excluding hydrogens is 434 g/mol. The number of ether oxygens (including phenoxy) is 2. The first-order chi connectivity index (χ1) is 16.0. The van der Waals surface area contributed by atoms with Crippen LogP contribution in [0, 0.1) is 0 Å². The van der Waals surface area contributed by atoms with Crippen molar-refractivity contribution < 1.29 is 14.3 Å². The standard InChI is InChI=1S/C26H27N3O3S/c1-19(2)32-24-15-22(14-23(16-24)31-12-9-21-10-13-33-18-21)26(30)27-25-8-11-29(28-25)17-20-6-4-3-5-7-20/h3-8,10-11,13-16,18-19H,9,12,17H2,1-2H3,(H,27,28,30). The highest BCUT2D eigenvalue weighted by molar-refractivity contribution is 7.07. The number of nitrogens with one attached hydrogen (secondary N) is 1. The zero-order valence-corrected chi connectivity index (χ0v) is 19.5. The van der Waals surface area contributed by atoms with Crippen LogP contribution >= 0.6 is 11.3 Å². The molecule has 4 aromatic rings. The van der Waals surface area contributed by atoms with Crippen LogP contribution in [0.15, 0.2) is 77.6 Å². The number of rotatable bonds is 10. The second-order valence-corrected chi connectivity index (χ2v) is 8.71. The fourth-order valence-corrected chi connectivity index (χ4v) is 4.03. The van der Waals surface area contributed by atoms with Crippen LogP contribution in [0.3, 0.4) is 0 Å². The number of anilines is 1. The van der Waals surface area contributed by atoms with Crippen molar-refractivity contribution in [3.63, 3.8) is 0 Å². The number of carbonyl (C=O) groups is 1. The molecular formula is C26H27N3O3S. The van der Waals surface area contributed by atoms with Gasteiger partial charge in [-0.3, -0.25) is 9.48 Å². The summed E-state index contributed by atoms with van der Waals surface area (Å²) in [6, 6.07) is 19.2. The molecule has 0 spiro atoms. The van der Waals surface area contributed by atoms with E-state index < -0.39 is 0 Å². The lowest BCUT2D eigenvalue weighted by Gasteiger charge is -2.14. The van der Waals surface area contributed by atoms with Gasteiger partial charge < -0.3 is 14.8 Å². The van der Waals surface area contributed by atoms with Crippen LogP contribution in [-0.4, -0.2) is 28.4 Å². The van der Waals surface area contributed by atoms with Crippen LogP contribution in [-0.2, 0) is 13.0 Å². The summed E-state index contributed by atoms with van der Waals surface area (Å²) in [5.41, 5.74) is 2.83. The van der Waals surface area contributed by atoms with Crippen LogP contribution < -0.4 is 14.8 Å². The van der Waals surface area contributed by atoms with Gasteiger partial charge in [0.05, 0.1) is 19.3 Å². The molecule has 0 unspecified atom stereocenters. The molecule has 7 heteroatoms. The SMILES string of the molecule is CC(C)Oc1cc(OCCc2ccsc2)cc(C(=O)Nc2ccn(Cc3ccccc3)n2)c1. The fraction of sp³-hybridized carbons (Fsp3) is 0.231. The molecule has 0 saturated carbocycles. The van der Waals surface area contributed by atoms with Gasteiger partial charge in [0.1, 0.15) is 11.5 Å². The van der Waals surface area contributed by atoms with E-state index in [0.29, 0.717) is 36.0 Å². The minimum atomic E-state index is -0.267. The highest BCUT2D eigenvalue weighted by atomic mass is 32.1. The molecule has 1 N–H and O–H groups in total. The van der Waals surface area contributed by atoms with Crippen molar-refractivity contribution in [3.8, 4) is 11.5 Å². The zero-order valence-electron chi connectivity index (χ0n) is 18.7. The maximum absolute atomic E-state index is 13.0. The van der Waals surface area contributed by atoms with E-state index in [4.69, 9.17) is 9.47 Å². The molecule has 2 heterocycles. The third kappa shape index (κ3) is 6.70. The number of nitrogens with zero attached hydrogens (tertiary/aromatic N) is 2. The number of benzene rings is 2. The van der Waals surface area contributed by atoms with Crippen molar-refractivity contribution >= 4 is 23.1 Å². The van der Waals surface area contributed by atoms with Crippen molar-refractivity contribution in [1.29, 1.82) is 0 Å². The number of aromatic nitrogens is 2. The summed E-state index contributed by atoms with van der Waals surface area (Å²) in [5.74, 6) is 1.42. The second-order valence-electron chi connectivity index (χ2n) is 7.93. The van der Waals surface area contributed by atoms with Crippen molar-refractivity contribution in [2.45, 2.75) is 32.9 Å². The lowest BCUT2D eigenvalue weighted by atomic mass is 10.2. The van der Waals surface area contributed by atoms with Gasteiger partial charge in [-0.15, -0.1) is 0 Å². The number of carbonyl (C=O) groups excluding carboxylic acids is 1. The molecule has 0 atom stereocenters. The van der Waals surface area contributed by atoms with E-state index in [9.17, 15) is 4.79 Å². The van der Waals surface area contributed by atoms with Gasteiger partial charge in [0, 0.05) is 30.3 Å². The van der Waals surface area contributed by atoms with Crippen molar-refractivity contribution in [2.75, 3.05) is 11.9 Å². The molecule has 2 aromatic carbocycles. The highest BCUT2D eigenvalue weighted by Crippen LogP contribution is 2.25. The highest BCUT2D eigenvalue weighted by Gasteiger charge is 2.13. The normalized spacial score (nSPS) is 10.9. The van der Waals surface area contributed by atoms with Crippen LogP contribution in [0.4, 0.5) is 5.82 Å². The van der Waals surface area contributed by atoms with E-state index in [1.54, 1.807) is 34.2 Å². The van der Waals surface area contributed by atoms with Gasteiger partial charge in [0.25, 0.3) is 5.91 Å². The van der Waals surface area contributed by atoms with Crippen molar-refractivity contribution in [2.24, 2.45) is 0 Å². The predicted octanol–water partition coefficient (Wildman–Crippen LogP) is 5.65. The molecule has 0 aliphatic carbocycles. The fourth-order valence-electron chi connectivity index (χ4n) is 3.32. The minimum Gasteiger partial charge on any atom is -0.493 e. The second kappa shape index (κ2) is 10.8. The Labute approximate surface area is 197 Å². The summed E-state index contributed by atoms with van der Waals surface area (Å²) in [5, 5.41) is 11.5. The smallest absolute Gasteiger partial charge is 0.257 e. The Kier molecular flexibility index (Phi) is 7.42. The Balaban J connectivity index is 1.44. The van der Waals surface area contributed by atoms with E-state index in [1.807, 2.05) is 56.4 Å². The van der Waals surface area contributed by atoms with Gasteiger partial charge in [0.2, 0.25) is 0 Å².